The highest BCUT2D eigenvalue weighted by atomic mass is 16.5. The molecule has 35 heavy (non-hydrogen) atoms. The number of carbonyl (C=O) groups is 1. The summed E-state index contributed by atoms with van der Waals surface area (Å²) in [5, 5.41) is 16.0. The summed E-state index contributed by atoms with van der Waals surface area (Å²) in [6.45, 7) is 6.01. The molecule has 5 rings (SSSR count). The van der Waals surface area contributed by atoms with Crippen molar-refractivity contribution in [2.45, 2.75) is 19.3 Å². The van der Waals surface area contributed by atoms with Gasteiger partial charge in [-0.1, -0.05) is 30.9 Å². The van der Waals surface area contributed by atoms with Crippen LogP contribution in [0.25, 0.3) is 17.2 Å². The summed E-state index contributed by atoms with van der Waals surface area (Å²) in [5.74, 6) is 1.91. The van der Waals surface area contributed by atoms with E-state index in [1.54, 1.807) is 24.1 Å². The van der Waals surface area contributed by atoms with E-state index in [1.807, 2.05) is 55.5 Å². The third-order valence-electron chi connectivity index (χ3n) is 5.88. The Balaban J connectivity index is 1.58. The molecule has 2 aromatic carbocycles. The van der Waals surface area contributed by atoms with E-state index in [2.05, 4.69) is 32.2 Å². The highest BCUT2D eigenvalue weighted by Crippen LogP contribution is 2.42. The Morgan fingerprint density at radius 2 is 2.00 bits per heavy atom. The molecule has 0 unspecified atom stereocenters. The molecule has 1 aliphatic heterocycles. The van der Waals surface area contributed by atoms with Crippen molar-refractivity contribution in [1.29, 1.82) is 0 Å². The van der Waals surface area contributed by atoms with Gasteiger partial charge in [0.25, 0.3) is 5.95 Å². The number of nitrogens with zero attached hydrogens (tertiary/aromatic N) is 5. The van der Waals surface area contributed by atoms with E-state index >= 15 is 0 Å². The molecule has 9 nitrogen and oxygen atoms in total. The smallest absolute Gasteiger partial charge is 0.272 e. The number of nitrogens with one attached hydrogen (secondary N) is 1. The first kappa shape index (κ1) is 22.3. The van der Waals surface area contributed by atoms with Gasteiger partial charge < -0.3 is 14.8 Å². The topological polar surface area (TPSA) is 104 Å². The number of aromatic nitrogens is 5. The normalized spacial score (nSPS) is 14.7. The van der Waals surface area contributed by atoms with Crippen LogP contribution in [0.3, 0.4) is 0 Å². The summed E-state index contributed by atoms with van der Waals surface area (Å²) in [6, 6.07) is 15.2. The Kier molecular flexibility index (Phi) is 5.97. The number of benzene rings is 2. The fraction of sp³-hybridized carbons (Fsp3) is 0.192. The van der Waals surface area contributed by atoms with E-state index in [4.69, 9.17) is 9.47 Å². The largest absolute Gasteiger partial charge is 0.497 e. The summed E-state index contributed by atoms with van der Waals surface area (Å²) in [4.78, 5) is 17.5. The molecular formula is C26H24N6O3. The second kappa shape index (κ2) is 9.38. The van der Waals surface area contributed by atoms with Crippen LogP contribution in [-0.4, -0.2) is 44.6 Å². The molecule has 0 aliphatic carbocycles. The van der Waals surface area contributed by atoms with Gasteiger partial charge in [0, 0.05) is 29.0 Å². The average Bonchev–Trinajstić information content (AvgIpc) is 3.23. The number of carbonyl (C=O) groups excluding carboxylic acids is 1. The number of amides is 1. The van der Waals surface area contributed by atoms with Gasteiger partial charge in [-0.3, -0.25) is 4.79 Å². The molecule has 9 heteroatoms. The Morgan fingerprint density at radius 1 is 1.20 bits per heavy atom. The van der Waals surface area contributed by atoms with Crippen LogP contribution >= 0.6 is 0 Å². The van der Waals surface area contributed by atoms with Crippen LogP contribution in [0, 0.1) is 6.92 Å². The van der Waals surface area contributed by atoms with Crippen LogP contribution in [0.5, 0.6) is 11.5 Å². The number of hydrogen-bond acceptors (Lipinski definition) is 7. The molecule has 2 aromatic heterocycles. The molecule has 0 fully saturated rings. The average molecular weight is 469 g/mol. The zero-order chi connectivity index (χ0) is 24.4. The van der Waals surface area contributed by atoms with Crippen molar-refractivity contribution in [2.75, 3.05) is 19.0 Å². The van der Waals surface area contributed by atoms with Gasteiger partial charge in [-0.2, -0.15) is 14.9 Å². The number of ether oxygens (including phenoxy) is 2. The minimum absolute atomic E-state index is 0.124. The lowest BCUT2D eigenvalue weighted by atomic mass is 9.85. The van der Waals surface area contributed by atoms with Gasteiger partial charge in [0.2, 0.25) is 5.91 Å². The first-order valence-corrected chi connectivity index (χ1v) is 11.2. The Bertz CT molecular complexity index is 1400. The highest BCUT2D eigenvalue weighted by molar-refractivity contribution is 5.95. The first-order valence-electron chi connectivity index (χ1n) is 11.2. The summed E-state index contributed by atoms with van der Waals surface area (Å²) >= 11 is 0. The van der Waals surface area contributed by atoms with E-state index in [1.165, 1.54) is 0 Å². The molecule has 1 atom stereocenters. The van der Waals surface area contributed by atoms with Crippen LogP contribution < -0.4 is 14.8 Å². The molecule has 0 radical (unpaired) electrons. The molecule has 1 aliphatic rings. The Labute approximate surface area is 202 Å². The third-order valence-corrected chi connectivity index (χ3v) is 5.88. The third kappa shape index (κ3) is 4.23. The fourth-order valence-electron chi connectivity index (χ4n) is 4.29. The van der Waals surface area contributed by atoms with E-state index in [0.29, 0.717) is 23.9 Å². The molecule has 0 spiro atoms. The first-order chi connectivity index (χ1) is 17.1. The van der Waals surface area contributed by atoms with Gasteiger partial charge in [0.1, 0.15) is 23.9 Å². The zero-order valence-electron chi connectivity index (χ0n) is 19.4. The van der Waals surface area contributed by atoms with Crippen molar-refractivity contribution in [1.82, 2.24) is 25.0 Å². The van der Waals surface area contributed by atoms with Gasteiger partial charge in [-0.15, -0.1) is 5.10 Å². The maximum absolute atomic E-state index is 12.8. The minimum atomic E-state index is -0.230. The predicted octanol–water partition coefficient (Wildman–Crippen LogP) is 4.08. The van der Waals surface area contributed by atoms with Gasteiger partial charge in [0.05, 0.1) is 24.7 Å². The summed E-state index contributed by atoms with van der Waals surface area (Å²) in [6.07, 6.45) is 3.56. The molecule has 1 N–H and O–H groups in total. The van der Waals surface area contributed by atoms with Crippen LogP contribution in [-0.2, 0) is 4.79 Å². The fourth-order valence-corrected chi connectivity index (χ4v) is 4.29. The van der Waals surface area contributed by atoms with E-state index in [9.17, 15) is 4.79 Å². The predicted molar refractivity (Wildman–Crippen MR) is 131 cm³/mol. The SMILES string of the molecule is C=CCOc1ccccc1[C@@H]1CC(=O)Nc2c1c(C)nn2-c1nncc(-c2ccc(OC)cc2)n1. The second-order valence-corrected chi connectivity index (χ2v) is 8.07. The van der Waals surface area contributed by atoms with Crippen molar-refractivity contribution in [3.63, 3.8) is 0 Å². The number of hydrogen-bond donors (Lipinski definition) is 1. The van der Waals surface area contributed by atoms with Crippen molar-refractivity contribution >= 4 is 11.7 Å². The molecule has 0 saturated heterocycles. The molecular weight excluding hydrogens is 444 g/mol. The van der Waals surface area contributed by atoms with Crippen molar-refractivity contribution in [3.8, 4) is 28.7 Å². The number of rotatable bonds is 7. The number of fused-ring (bicyclic) bond motifs is 1. The maximum atomic E-state index is 12.8. The summed E-state index contributed by atoms with van der Waals surface area (Å²) in [5.41, 5.74) is 4.06. The molecule has 0 bridgehead atoms. The number of aryl methyl sites for hydroxylation is 1. The summed E-state index contributed by atoms with van der Waals surface area (Å²) < 4.78 is 12.7. The molecule has 176 valence electrons. The van der Waals surface area contributed by atoms with Crippen LogP contribution in [0.15, 0.2) is 67.4 Å². The lowest BCUT2D eigenvalue weighted by Crippen LogP contribution is -2.25. The van der Waals surface area contributed by atoms with Crippen molar-refractivity contribution in [2.24, 2.45) is 0 Å². The van der Waals surface area contributed by atoms with E-state index in [-0.39, 0.29) is 24.2 Å². The number of methoxy groups -OCH3 is 1. The van der Waals surface area contributed by atoms with Crippen LogP contribution in [0.4, 0.5) is 5.82 Å². The number of anilines is 1. The summed E-state index contributed by atoms with van der Waals surface area (Å²) in [7, 11) is 1.62. The zero-order valence-corrected chi connectivity index (χ0v) is 19.4. The van der Waals surface area contributed by atoms with Gasteiger partial charge in [-0.05, 0) is 37.3 Å². The molecule has 4 aromatic rings. The van der Waals surface area contributed by atoms with E-state index in [0.717, 1.165) is 28.1 Å². The van der Waals surface area contributed by atoms with Crippen molar-refractivity contribution in [3.05, 3.63) is 84.2 Å². The molecule has 0 saturated carbocycles. The van der Waals surface area contributed by atoms with Gasteiger partial charge in [-0.25, -0.2) is 4.98 Å². The van der Waals surface area contributed by atoms with Crippen molar-refractivity contribution < 1.29 is 14.3 Å². The second-order valence-electron chi connectivity index (χ2n) is 8.07. The van der Waals surface area contributed by atoms with E-state index < -0.39 is 0 Å². The monoisotopic (exact) mass is 468 g/mol. The van der Waals surface area contributed by atoms with Crippen LogP contribution in [0.1, 0.15) is 29.2 Å². The molecule has 3 heterocycles. The standard InChI is InChI=1S/C26H24N6O3/c1-4-13-35-22-8-6-5-7-19(22)20-14-23(33)29-25-24(20)16(2)31-32(25)26-28-21(15-27-30-26)17-9-11-18(34-3)12-10-17/h4-12,15,20H,1,13-14H2,2-3H3,(H,29,33)/t20-/m0/s1. The lowest BCUT2D eigenvalue weighted by Gasteiger charge is -2.25. The quantitative estimate of drug-likeness (QED) is 0.408. The maximum Gasteiger partial charge on any atom is 0.272 e. The van der Waals surface area contributed by atoms with Crippen LogP contribution in [0.2, 0.25) is 0 Å². The van der Waals surface area contributed by atoms with Gasteiger partial charge >= 0.3 is 0 Å². The van der Waals surface area contributed by atoms with Gasteiger partial charge in [0.15, 0.2) is 0 Å². The minimum Gasteiger partial charge on any atom is -0.497 e. The Morgan fingerprint density at radius 3 is 2.77 bits per heavy atom. The Hall–Kier alpha value is -4.53. The highest BCUT2D eigenvalue weighted by Gasteiger charge is 2.34. The molecule has 1 amide bonds. The lowest BCUT2D eigenvalue weighted by molar-refractivity contribution is -0.116. The number of para-hydroxylation sites is 1.